The number of phenolic OH excluding ortho intramolecular Hbond substituents is 1. The van der Waals surface area contributed by atoms with E-state index in [1.54, 1.807) is 12.1 Å². The van der Waals surface area contributed by atoms with E-state index in [4.69, 9.17) is 0 Å². The first kappa shape index (κ1) is 16.9. The summed E-state index contributed by atoms with van der Waals surface area (Å²) >= 11 is 0. The number of aromatic hydroxyl groups is 1. The number of hydrogen-bond donors (Lipinski definition) is 1. The van der Waals surface area contributed by atoms with Crippen LogP contribution in [0.15, 0.2) is 60.7 Å². The number of benzene rings is 2. The first-order chi connectivity index (χ1) is 12.7. The first-order valence-corrected chi connectivity index (χ1v) is 9.50. The SMILES string of the molecule is O=C(/C=C/c1ccccc1)N1CC[C@@]2(c3cccc(O)c3)CCC[C@@H]1C2. The van der Waals surface area contributed by atoms with Crippen molar-refractivity contribution in [2.24, 2.45) is 0 Å². The molecule has 4 rings (SSSR count). The van der Waals surface area contributed by atoms with E-state index in [0.717, 1.165) is 44.2 Å². The predicted octanol–water partition coefficient (Wildman–Crippen LogP) is 4.52. The van der Waals surface area contributed by atoms with Crippen LogP contribution < -0.4 is 0 Å². The minimum Gasteiger partial charge on any atom is -0.508 e. The Bertz CT molecular complexity index is 814. The summed E-state index contributed by atoms with van der Waals surface area (Å²) in [6.07, 6.45) is 8.94. The maximum Gasteiger partial charge on any atom is 0.246 e. The Morgan fingerprint density at radius 1 is 1.12 bits per heavy atom. The zero-order valence-electron chi connectivity index (χ0n) is 15.0. The predicted molar refractivity (Wildman–Crippen MR) is 104 cm³/mol. The van der Waals surface area contributed by atoms with Crippen LogP contribution in [0.4, 0.5) is 0 Å². The van der Waals surface area contributed by atoms with Crippen LogP contribution in [0.3, 0.4) is 0 Å². The van der Waals surface area contributed by atoms with Gasteiger partial charge in [-0.2, -0.15) is 0 Å². The van der Waals surface area contributed by atoms with Crippen molar-refractivity contribution in [2.75, 3.05) is 6.54 Å². The van der Waals surface area contributed by atoms with Crippen molar-refractivity contribution in [2.45, 2.75) is 43.6 Å². The lowest BCUT2D eigenvalue weighted by atomic mass is 9.63. The van der Waals surface area contributed by atoms with Gasteiger partial charge < -0.3 is 10.0 Å². The highest BCUT2D eigenvalue weighted by Gasteiger charge is 2.44. The van der Waals surface area contributed by atoms with Gasteiger partial charge in [-0.3, -0.25) is 4.79 Å². The quantitative estimate of drug-likeness (QED) is 0.830. The van der Waals surface area contributed by atoms with Gasteiger partial charge in [-0.25, -0.2) is 0 Å². The molecule has 1 amide bonds. The van der Waals surface area contributed by atoms with Gasteiger partial charge in [0.1, 0.15) is 5.75 Å². The first-order valence-electron chi connectivity index (χ1n) is 9.50. The molecule has 1 saturated carbocycles. The largest absolute Gasteiger partial charge is 0.508 e. The number of piperidine rings is 1. The lowest BCUT2D eigenvalue weighted by Crippen LogP contribution is -2.53. The van der Waals surface area contributed by atoms with Crippen molar-refractivity contribution in [3.8, 4) is 5.75 Å². The Balaban J connectivity index is 1.50. The summed E-state index contributed by atoms with van der Waals surface area (Å²) in [5.74, 6) is 0.452. The second-order valence-corrected chi connectivity index (χ2v) is 7.61. The van der Waals surface area contributed by atoms with Crippen LogP contribution in [0.25, 0.3) is 6.08 Å². The molecule has 3 nitrogen and oxygen atoms in total. The second-order valence-electron chi connectivity index (χ2n) is 7.61. The van der Waals surface area contributed by atoms with E-state index >= 15 is 0 Å². The molecule has 1 aliphatic carbocycles. The van der Waals surface area contributed by atoms with Crippen molar-refractivity contribution >= 4 is 12.0 Å². The highest BCUT2D eigenvalue weighted by atomic mass is 16.3. The van der Waals surface area contributed by atoms with Crippen LogP contribution in [0.1, 0.15) is 43.2 Å². The number of rotatable bonds is 3. The van der Waals surface area contributed by atoms with E-state index in [1.807, 2.05) is 48.5 Å². The molecule has 1 saturated heterocycles. The zero-order valence-corrected chi connectivity index (χ0v) is 15.0. The van der Waals surface area contributed by atoms with Crippen molar-refractivity contribution < 1.29 is 9.90 Å². The number of carbonyl (C=O) groups excluding carboxylic acids is 1. The summed E-state index contributed by atoms with van der Waals surface area (Å²) in [5, 5.41) is 9.88. The van der Waals surface area contributed by atoms with E-state index in [-0.39, 0.29) is 11.3 Å². The molecule has 0 spiro atoms. The fourth-order valence-electron chi connectivity index (χ4n) is 4.70. The van der Waals surface area contributed by atoms with E-state index < -0.39 is 0 Å². The van der Waals surface area contributed by atoms with Crippen molar-refractivity contribution in [1.82, 2.24) is 4.90 Å². The maximum absolute atomic E-state index is 12.8. The molecule has 26 heavy (non-hydrogen) atoms. The van der Waals surface area contributed by atoms with Crippen LogP contribution >= 0.6 is 0 Å². The van der Waals surface area contributed by atoms with Gasteiger partial charge >= 0.3 is 0 Å². The summed E-state index contributed by atoms with van der Waals surface area (Å²) in [6, 6.07) is 18.0. The van der Waals surface area contributed by atoms with Crippen molar-refractivity contribution in [3.05, 3.63) is 71.8 Å². The van der Waals surface area contributed by atoms with Crippen LogP contribution in [0.2, 0.25) is 0 Å². The number of amides is 1. The Kier molecular flexibility index (Phi) is 4.54. The van der Waals surface area contributed by atoms with Gasteiger partial charge in [0.15, 0.2) is 0 Å². The monoisotopic (exact) mass is 347 g/mol. The fourth-order valence-corrected chi connectivity index (χ4v) is 4.70. The van der Waals surface area contributed by atoms with Crippen LogP contribution in [-0.2, 0) is 10.2 Å². The Morgan fingerprint density at radius 3 is 2.77 bits per heavy atom. The summed E-state index contributed by atoms with van der Waals surface area (Å²) in [4.78, 5) is 14.8. The minimum absolute atomic E-state index is 0.113. The highest BCUT2D eigenvalue weighted by Crippen LogP contribution is 2.47. The molecule has 2 aromatic rings. The van der Waals surface area contributed by atoms with E-state index in [2.05, 4.69) is 11.0 Å². The van der Waals surface area contributed by atoms with E-state index in [1.165, 1.54) is 5.56 Å². The smallest absolute Gasteiger partial charge is 0.246 e. The number of carbonyl (C=O) groups is 1. The summed E-state index contributed by atoms with van der Waals surface area (Å²) in [7, 11) is 0. The third-order valence-electron chi connectivity index (χ3n) is 6.05. The molecule has 2 atom stereocenters. The van der Waals surface area contributed by atoms with Crippen LogP contribution in [-0.4, -0.2) is 28.5 Å². The Hall–Kier alpha value is -2.55. The highest BCUT2D eigenvalue weighted by molar-refractivity contribution is 5.92. The number of nitrogens with zero attached hydrogens (tertiary/aromatic N) is 1. The Morgan fingerprint density at radius 2 is 1.96 bits per heavy atom. The van der Waals surface area contributed by atoms with Crippen molar-refractivity contribution in [1.29, 1.82) is 0 Å². The van der Waals surface area contributed by atoms with Crippen molar-refractivity contribution in [3.63, 3.8) is 0 Å². The third kappa shape index (κ3) is 3.26. The topological polar surface area (TPSA) is 40.5 Å². The van der Waals surface area contributed by atoms with Crippen LogP contribution in [0, 0.1) is 0 Å². The van der Waals surface area contributed by atoms with Gasteiger partial charge in [-0.05, 0) is 60.4 Å². The van der Waals surface area contributed by atoms with Gasteiger partial charge in [0.05, 0.1) is 0 Å². The van der Waals surface area contributed by atoms with E-state index in [9.17, 15) is 9.90 Å². The fraction of sp³-hybridized carbons (Fsp3) is 0.348. The Labute approximate surface area is 155 Å². The number of fused-ring (bicyclic) bond motifs is 2. The van der Waals surface area contributed by atoms with Gasteiger partial charge in [-0.1, -0.05) is 48.9 Å². The molecule has 1 N–H and O–H groups in total. The minimum atomic E-state index is 0.113. The molecule has 0 unspecified atom stereocenters. The average molecular weight is 347 g/mol. The lowest BCUT2D eigenvalue weighted by molar-refractivity contribution is -0.131. The van der Waals surface area contributed by atoms with Crippen LogP contribution in [0.5, 0.6) is 5.75 Å². The van der Waals surface area contributed by atoms with Gasteiger partial charge in [0, 0.05) is 18.7 Å². The van der Waals surface area contributed by atoms with E-state index in [0.29, 0.717) is 11.8 Å². The zero-order chi connectivity index (χ0) is 18.0. The molecule has 1 aliphatic heterocycles. The number of hydrogen-bond acceptors (Lipinski definition) is 2. The number of likely N-dealkylation sites (tertiary alicyclic amines) is 1. The molecule has 134 valence electrons. The normalized spacial score (nSPS) is 25.4. The molecule has 2 aliphatic rings. The second kappa shape index (κ2) is 6.99. The maximum atomic E-state index is 12.8. The lowest BCUT2D eigenvalue weighted by Gasteiger charge is -2.50. The summed E-state index contributed by atoms with van der Waals surface area (Å²) in [6.45, 7) is 0.790. The molecular formula is C23H25NO2. The molecule has 3 heteroatoms. The number of phenols is 1. The van der Waals surface area contributed by atoms with Gasteiger partial charge in [-0.15, -0.1) is 0 Å². The summed E-state index contributed by atoms with van der Waals surface area (Å²) in [5.41, 5.74) is 2.39. The molecule has 2 aromatic carbocycles. The average Bonchev–Trinajstić information content (AvgIpc) is 2.67. The molecule has 0 radical (unpaired) electrons. The van der Waals surface area contributed by atoms with Gasteiger partial charge in [0.25, 0.3) is 0 Å². The molecule has 1 heterocycles. The standard InChI is InChI=1S/C23H25NO2/c25-21-10-4-8-19(16-21)23-13-5-9-20(17-23)24(15-14-23)22(26)12-11-18-6-2-1-3-7-18/h1-4,6-8,10-12,16,20,25H,5,9,13-15,17H2/b12-11+/t20-,23+/m1/s1. The molecule has 2 fully saturated rings. The third-order valence-corrected chi connectivity index (χ3v) is 6.05. The molecule has 0 aromatic heterocycles. The summed E-state index contributed by atoms with van der Waals surface area (Å²) < 4.78 is 0. The molecule has 2 bridgehead atoms. The molecular weight excluding hydrogens is 322 g/mol. The van der Waals surface area contributed by atoms with Gasteiger partial charge in [0.2, 0.25) is 5.91 Å².